The van der Waals surface area contributed by atoms with Crippen molar-refractivity contribution < 1.29 is 13.6 Å². The van der Waals surface area contributed by atoms with Crippen molar-refractivity contribution in [3.05, 3.63) is 35.4 Å². The molecule has 66 valence electrons. The molecule has 4 heteroatoms. The van der Waals surface area contributed by atoms with E-state index in [-0.39, 0.29) is 5.56 Å². The van der Waals surface area contributed by atoms with Crippen LogP contribution < -0.4 is 0 Å². The van der Waals surface area contributed by atoms with Crippen LogP contribution in [-0.2, 0) is 0 Å². The second-order valence-electron chi connectivity index (χ2n) is 2.35. The van der Waals surface area contributed by atoms with Crippen molar-refractivity contribution in [2.24, 2.45) is 0 Å². The number of Topliss-reactive ketones (excluding diaryl/α,β-unsaturated/α-hetero) is 1. The van der Waals surface area contributed by atoms with Gasteiger partial charge in [-0.3, -0.25) is 4.79 Å². The molecule has 2 nitrogen and oxygen atoms in total. The molecule has 0 saturated heterocycles. The average Bonchev–Trinajstić information content (AvgIpc) is 2.17. The second-order valence-corrected chi connectivity index (χ2v) is 2.35. The summed E-state index contributed by atoms with van der Waals surface area (Å²) in [5.41, 5.74) is 0.264. The number of alkyl halides is 2. The van der Waals surface area contributed by atoms with Gasteiger partial charge in [0, 0.05) is 5.56 Å². The molecular weight excluding hydrogens is 176 g/mol. The lowest BCUT2D eigenvalue weighted by Crippen LogP contribution is -2.09. The number of nitrogens with zero attached hydrogens (tertiary/aromatic N) is 1. The molecular formula is C9H5F2NO. The van der Waals surface area contributed by atoms with Crippen molar-refractivity contribution in [3.63, 3.8) is 0 Å². The topological polar surface area (TPSA) is 40.9 Å². The Bertz CT molecular complexity index is 351. The van der Waals surface area contributed by atoms with Crippen LogP contribution in [0.5, 0.6) is 0 Å². The van der Waals surface area contributed by atoms with Gasteiger partial charge in [0.05, 0.1) is 11.6 Å². The molecule has 0 atom stereocenters. The minimum Gasteiger partial charge on any atom is -0.288 e. The van der Waals surface area contributed by atoms with Gasteiger partial charge < -0.3 is 0 Å². The number of halogens is 2. The van der Waals surface area contributed by atoms with Crippen LogP contribution in [0.25, 0.3) is 0 Å². The molecule has 0 aliphatic rings. The van der Waals surface area contributed by atoms with Gasteiger partial charge >= 0.3 is 6.43 Å². The molecule has 0 aliphatic heterocycles. The maximum absolute atomic E-state index is 11.9. The number of hydrogen-bond acceptors (Lipinski definition) is 2. The number of hydrogen-bond donors (Lipinski definition) is 0. The summed E-state index contributed by atoms with van der Waals surface area (Å²) in [7, 11) is 0. The molecule has 1 rings (SSSR count). The molecule has 0 heterocycles. The zero-order chi connectivity index (χ0) is 9.84. The molecule has 1 aromatic carbocycles. The van der Waals surface area contributed by atoms with E-state index in [2.05, 4.69) is 0 Å². The summed E-state index contributed by atoms with van der Waals surface area (Å²) >= 11 is 0. The van der Waals surface area contributed by atoms with Crippen molar-refractivity contribution in [1.82, 2.24) is 0 Å². The summed E-state index contributed by atoms with van der Waals surface area (Å²) in [5.74, 6) is -1.22. The van der Waals surface area contributed by atoms with E-state index in [1.165, 1.54) is 24.3 Å². The van der Waals surface area contributed by atoms with Crippen molar-refractivity contribution in [1.29, 1.82) is 5.26 Å². The fraction of sp³-hybridized carbons (Fsp3) is 0.111. The summed E-state index contributed by atoms with van der Waals surface area (Å²) in [6, 6.07) is 6.91. The van der Waals surface area contributed by atoms with E-state index >= 15 is 0 Å². The van der Waals surface area contributed by atoms with Gasteiger partial charge in [-0.15, -0.1) is 0 Å². The predicted molar refractivity (Wildman–Crippen MR) is 41.5 cm³/mol. The van der Waals surface area contributed by atoms with Crippen molar-refractivity contribution in [2.75, 3.05) is 0 Å². The first-order valence-corrected chi connectivity index (χ1v) is 3.47. The van der Waals surface area contributed by atoms with Gasteiger partial charge in [0.2, 0.25) is 5.78 Å². The fourth-order valence-corrected chi connectivity index (χ4v) is 0.835. The van der Waals surface area contributed by atoms with Crippen molar-refractivity contribution in [3.8, 4) is 6.07 Å². The van der Waals surface area contributed by atoms with Gasteiger partial charge in [-0.2, -0.15) is 5.26 Å². The molecule has 0 N–H and O–H groups in total. The van der Waals surface area contributed by atoms with Crippen LogP contribution in [0.4, 0.5) is 8.78 Å². The summed E-state index contributed by atoms with van der Waals surface area (Å²) in [5, 5.41) is 8.39. The van der Waals surface area contributed by atoms with E-state index in [0.717, 1.165) is 0 Å². The largest absolute Gasteiger partial charge is 0.300 e. The molecule has 0 fully saturated rings. The number of benzene rings is 1. The summed E-state index contributed by atoms with van der Waals surface area (Å²) in [6.07, 6.45) is -2.99. The molecule has 0 aliphatic carbocycles. The highest BCUT2D eigenvalue weighted by Gasteiger charge is 2.16. The third-order valence-corrected chi connectivity index (χ3v) is 1.50. The van der Waals surface area contributed by atoms with Crippen LogP contribution >= 0.6 is 0 Å². The van der Waals surface area contributed by atoms with E-state index in [1.54, 1.807) is 0 Å². The van der Waals surface area contributed by atoms with Gasteiger partial charge in [0.25, 0.3) is 0 Å². The first-order valence-electron chi connectivity index (χ1n) is 3.47. The van der Waals surface area contributed by atoms with Gasteiger partial charge in [-0.05, 0) is 24.3 Å². The van der Waals surface area contributed by atoms with Crippen LogP contribution in [0.15, 0.2) is 24.3 Å². The van der Waals surface area contributed by atoms with Crippen molar-refractivity contribution >= 4 is 5.78 Å². The fourth-order valence-electron chi connectivity index (χ4n) is 0.835. The first kappa shape index (κ1) is 9.33. The van der Waals surface area contributed by atoms with E-state index in [9.17, 15) is 13.6 Å². The maximum Gasteiger partial charge on any atom is 0.300 e. The second kappa shape index (κ2) is 3.76. The van der Waals surface area contributed by atoms with Crippen LogP contribution in [-0.4, -0.2) is 12.2 Å². The molecule has 0 saturated carbocycles. The standard InChI is InChI=1S/C9H5F2NO/c10-9(11)8(13)7-3-1-6(5-12)2-4-7/h1-4,9H. The normalized spacial score (nSPS) is 9.69. The molecule has 0 unspecified atom stereocenters. The Morgan fingerprint density at radius 1 is 1.31 bits per heavy atom. The maximum atomic E-state index is 11.9. The van der Waals surface area contributed by atoms with E-state index in [0.29, 0.717) is 5.56 Å². The Labute approximate surface area is 73.4 Å². The van der Waals surface area contributed by atoms with E-state index in [1.807, 2.05) is 6.07 Å². The molecule has 0 amide bonds. The molecule has 0 radical (unpaired) electrons. The van der Waals surface area contributed by atoms with Crippen molar-refractivity contribution in [2.45, 2.75) is 6.43 Å². The highest BCUT2D eigenvalue weighted by Crippen LogP contribution is 2.08. The minimum atomic E-state index is -2.99. The lowest BCUT2D eigenvalue weighted by Gasteiger charge is -1.97. The molecule has 0 spiro atoms. The van der Waals surface area contributed by atoms with Gasteiger partial charge in [0.1, 0.15) is 0 Å². The number of rotatable bonds is 2. The predicted octanol–water partition coefficient (Wildman–Crippen LogP) is 2.01. The molecule has 0 bridgehead atoms. The van der Waals surface area contributed by atoms with Gasteiger partial charge in [0.15, 0.2) is 0 Å². The van der Waals surface area contributed by atoms with Crippen LogP contribution in [0, 0.1) is 11.3 Å². The highest BCUT2D eigenvalue weighted by atomic mass is 19.3. The quantitative estimate of drug-likeness (QED) is 0.654. The zero-order valence-corrected chi connectivity index (χ0v) is 6.50. The molecule has 0 aromatic heterocycles. The summed E-state index contributed by atoms with van der Waals surface area (Å²) in [6.45, 7) is 0. The third-order valence-electron chi connectivity index (χ3n) is 1.50. The highest BCUT2D eigenvalue weighted by molar-refractivity contribution is 5.98. The van der Waals surface area contributed by atoms with Crippen LogP contribution in [0.3, 0.4) is 0 Å². The third kappa shape index (κ3) is 2.09. The SMILES string of the molecule is N#Cc1ccc(C(=O)C(F)F)cc1. The lowest BCUT2D eigenvalue weighted by atomic mass is 10.1. The van der Waals surface area contributed by atoms with Gasteiger partial charge in [-0.25, -0.2) is 8.78 Å². The monoisotopic (exact) mass is 181 g/mol. The Hall–Kier alpha value is -1.76. The summed E-state index contributed by atoms with van der Waals surface area (Å²) < 4.78 is 23.8. The smallest absolute Gasteiger partial charge is 0.288 e. The Balaban J connectivity index is 2.94. The number of carbonyl (C=O) groups is 1. The summed E-state index contributed by atoms with van der Waals surface area (Å²) in [4.78, 5) is 10.7. The van der Waals surface area contributed by atoms with Crippen LogP contribution in [0.1, 0.15) is 15.9 Å². The average molecular weight is 181 g/mol. The lowest BCUT2D eigenvalue weighted by molar-refractivity contribution is 0.0679. The Morgan fingerprint density at radius 2 is 1.85 bits per heavy atom. The zero-order valence-electron chi connectivity index (χ0n) is 6.50. The number of ketones is 1. The Kier molecular flexibility index (Phi) is 2.70. The van der Waals surface area contributed by atoms with Crippen LogP contribution in [0.2, 0.25) is 0 Å². The first-order chi connectivity index (χ1) is 6.15. The van der Waals surface area contributed by atoms with E-state index < -0.39 is 12.2 Å². The molecule has 1 aromatic rings. The number of carbonyl (C=O) groups excluding carboxylic acids is 1. The molecule has 13 heavy (non-hydrogen) atoms. The van der Waals surface area contributed by atoms with Gasteiger partial charge in [-0.1, -0.05) is 0 Å². The Morgan fingerprint density at radius 3 is 2.23 bits per heavy atom. The van der Waals surface area contributed by atoms with E-state index in [4.69, 9.17) is 5.26 Å². The number of nitriles is 1. The minimum absolute atomic E-state index is 0.0750.